The number of hydrogen-bond acceptors (Lipinski definition) is 8. The number of carbonyl (C=O) groups excluding carboxylic acids is 2. The molecule has 0 radical (unpaired) electrons. The van der Waals surface area contributed by atoms with E-state index in [2.05, 4.69) is 26.0 Å². The predicted molar refractivity (Wildman–Crippen MR) is 145 cm³/mol. The van der Waals surface area contributed by atoms with Gasteiger partial charge in [0.15, 0.2) is 17.2 Å². The van der Waals surface area contributed by atoms with Gasteiger partial charge in [-0.2, -0.15) is 0 Å². The highest BCUT2D eigenvalue weighted by Crippen LogP contribution is 2.48. The molecule has 0 unspecified atom stereocenters. The molecule has 0 aliphatic rings. The van der Waals surface area contributed by atoms with Crippen molar-refractivity contribution >= 4 is 43.5 Å². The van der Waals surface area contributed by atoms with E-state index < -0.39 is 38.4 Å². The van der Waals surface area contributed by atoms with E-state index in [1.165, 1.54) is 45.6 Å². The van der Waals surface area contributed by atoms with Crippen LogP contribution in [0.4, 0.5) is 14.5 Å². The summed E-state index contributed by atoms with van der Waals surface area (Å²) in [5, 5.41) is 2.60. The first-order valence-electron chi connectivity index (χ1n) is 11.5. The molecule has 0 aromatic heterocycles. The molecule has 0 heterocycles. The standard InChI is InChI=1S/C26H25BrF2N2O8S/c1-5-30-26(33)14-6-8-19(18(10-14)31-40(34,35)21-9-7-16(28)13-17(21)29)39-24-20(36-2)11-15(12-22(32)37-3)23(27)25(24)38-4/h6-11,13,31H,5,12H2,1-4H3,(H,30,33). The minimum absolute atomic E-state index is 0.00957. The van der Waals surface area contributed by atoms with E-state index >= 15 is 0 Å². The molecule has 0 saturated heterocycles. The molecule has 14 heteroatoms. The van der Waals surface area contributed by atoms with Gasteiger partial charge in [-0.25, -0.2) is 17.2 Å². The fourth-order valence-corrected chi connectivity index (χ4v) is 5.26. The third-order valence-electron chi connectivity index (χ3n) is 5.42. The van der Waals surface area contributed by atoms with E-state index in [1.807, 2.05) is 0 Å². The Hall–Kier alpha value is -3.91. The SMILES string of the molecule is CCNC(=O)c1ccc(Oc2c(OC)cc(CC(=O)OC)c(Br)c2OC)c(NS(=O)(=O)c2ccc(F)cc2F)c1. The van der Waals surface area contributed by atoms with E-state index in [1.54, 1.807) is 6.92 Å². The number of sulfonamides is 1. The Balaban J connectivity index is 2.15. The van der Waals surface area contributed by atoms with Crippen molar-refractivity contribution in [1.29, 1.82) is 0 Å². The molecular weight excluding hydrogens is 618 g/mol. The van der Waals surface area contributed by atoms with Gasteiger partial charge in [0, 0.05) is 18.2 Å². The Kier molecular flexibility index (Phi) is 9.93. The first kappa shape index (κ1) is 30.6. The lowest BCUT2D eigenvalue weighted by Crippen LogP contribution is -2.23. The highest BCUT2D eigenvalue weighted by atomic mass is 79.9. The summed E-state index contributed by atoms with van der Waals surface area (Å²) >= 11 is 3.38. The molecule has 3 aromatic carbocycles. The lowest BCUT2D eigenvalue weighted by molar-refractivity contribution is -0.139. The van der Waals surface area contributed by atoms with Gasteiger partial charge in [-0.05, 0) is 64.8 Å². The predicted octanol–water partition coefficient (Wildman–Crippen LogP) is 4.80. The number of esters is 1. The molecule has 0 saturated carbocycles. The Morgan fingerprint density at radius 1 is 0.950 bits per heavy atom. The van der Waals surface area contributed by atoms with Gasteiger partial charge in [-0.1, -0.05) is 0 Å². The largest absolute Gasteiger partial charge is 0.493 e. The zero-order chi connectivity index (χ0) is 29.6. The van der Waals surface area contributed by atoms with Gasteiger partial charge < -0.3 is 24.3 Å². The molecule has 1 amide bonds. The fourth-order valence-electron chi connectivity index (χ4n) is 3.54. The van der Waals surface area contributed by atoms with Crippen LogP contribution in [0.2, 0.25) is 0 Å². The molecule has 40 heavy (non-hydrogen) atoms. The summed E-state index contributed by atoms with van der Waals surface area (Å²) in [7, 11) is -0.692. The lowest BCUT2D eigenvalue weighted by atomic mass is 10.1. The van der Waals surface area contributed by atoms with Crippen molar-refractivity contribution in [2.45, 2.75) is 18.2 Å². The second-order valence-electron chi connectivity index (χ2n) is 8.02. The molecule has 2 N–H and O–H groups in total. The van der Waals surface area contributed by atoms with Crippen molar-refractivity contribution in [2.75, 3.05) is 32.6 Å². The van der Waals surface area contributed by atoms with Crippen LogP contribution in [0.1, 0.15) is 22.8 Å². The van der Waals surface area contributed by atoms with Crippen LogP contribution in [0.15, 0.2) is 51.8 Å². The van der Waals surface area contributed by atoms with E-state index in [0.717, 1.165) is 12.1 Å². The molecule has 0 aliphatic carbocycles. The molecule has 0 spiro atoms. The highest BCUT2D eigenvalue weighted by molar-refractivity contribution is 9.10. The molecule has 0 atom stereocenters. The number of rotatable bonds is 11. The van der Waals surface area contributed by atoms with Gasteiger partial charge in [0.1, 0.15) is 16.5 Å². The highest BCUT2D eigenvalue weighted by Gasteiger charge is 2.26. The van der Waals surface area contributed by atoms with Crippen LogP contribution < -0.4 is 24.2 Å². The zero-order valence-electron chi connectivity index (χ0n) is 21.8. The van der Waals surface area contributed by atoms with Crippen molar-refractivity contribution in [3.05, 3.63) is 69.7 Å². The molecule has 0 fully saturated rings. The molecular formula is C26H25BrF2N2O8S. The Labute approximate surface area is 237 Å². The molecule has 0 bridgehead atoms. The van der Waals surface area contributed by atoms with Crippen LogP contribution in [0.3, 0.4) is 0 Å². The number of hydrogen-bond donors (Lipinski definition) is 2. The number of halogens is 3. The molecule has 214 valence electrons. The summed E-state index contributed by atoms with van der Waals surface area (Å²) in [4.78, 5) is 23.5. The van der Waals surface area contributed by atoms with Gasteiger partial charge in [-0.3, -0.25) is 14.3 Å². The average molecular weight is 643 g/mol. The number of amides is 1. The molecule has 0 aliphatic heterocycles. The molecule has 10 nitrogen and oxygen atoms in total. The monoisotopic (exact) mass is 642 g/mol. The van der Waals surface area contributed by atoms with Crippen LogP contribution in [0.25, 0.3) is 0 Å². The van der Waals surface area contributed by atoms with E-state index in [4.69, 9.17) is 18.9 Å². The van der Waals surface area contributed by atoms with Gasteiger partial charge in [0.05, 0.1) is 37.9 Å². The first-order valence-corrected chi connectivity index (χ1v) is 13.8. The Morgan fingerprint density at radius 2 is 1.68 bits per heavy atom. The Bertz CT molecular complexity index is 1550. The number of methoxy groups -OCH3 is 3. The Morgan fingerprint density at radius 3 is 2.27 bits per heavy atom. The third-order valence-corrected chi connectivity index (χ3v) is 7.69. The third kappa shape index (κ3) is 6.80. The number of benzene rings is 3. The zero-order valence-corrected chi connectivity index (χ0v) is 24.2. The molecule has 3 rings (SSSR count). The van der Waals surface area contributed by atoms with Crippen LogP contribution in [0.5, 0.6) is 23.0 Å². The number of nitrogens with one attached hydrogen (secondary N) is 2. The maximum absolute atomic E-state index is 14.4. The summed E-state index contributed by atoms with van der Waals surface area (Å²) in [5.74, 6) is -3.22. The van der Waals surface area contributed by atoms with Crippen molar-refractivity contribution in [3.8, 4) is 23.0 Å². The molecule has 3 aromatic rings. The van der Waals surface area contributed by atoms with Crippen LogP contribution in [0, 0.1) is 11.6 Å². The summed E-state index contributed by atoms with van der Waals surface area (Å²) in [6.07, 6.45) is -0.125. The number of anilines is 1. The second kappa shape index (κ2) is 13.0. The van der Waals surface area contributed by atoms with Crippen LogP contribution >= 0.6 is 15.9 Å². The minimum atomic E-state index is -4.62. The topological polar surface area (TPSA) is 129 Å². The fraction of sp³-hybridized carbons (Fsp3) is 0.231. The van der Waals surface area contributed by atoms with Crippen LogP contribution in [-0.4, -0.2) is 48.2 Å². The minimum Gasteiger partial charge on any atom is -0.493 e. The van der Waals surface area contributed by atoms with Gasteiger partial charge in [0.25, 0.3) is 15.9 Å². The van der Waals surface area contributed by atoms with E-state index in [9.17, 15) is 26.8 Å². The normalized spacial score (nSPS) is 11.0. The van der Waals surface area contributed by atoms with Gasteiger partial charge >= 0.3 is 5.97 Å². The maximum atomic E-state index is 14.4. The lowest BCUT2D eigenvalue weighted by Gasteiger charge is -2.20. The van der Waals surface area contributed by atoms with Crippen LogP contribution in [-0.2, 0) is 26.0 Å². The number of ether oxygens (including phenoxy) is 4. The summed E-state index contributed by atoms with van der Waals surface area (Å²) in [6, 6.07) is 7.39. The van der Waals surface area contributed by atoms with E-state index in [0.29, 0.717) is 22.6 Å². The van der Waals surface area contributed by atoms with Gasteiger partial charge in [-0.15, -0.1) is 0 Å². The number of carbonyl (C=O) groups is 2. The van der Waals surface area contributed by atoms with Crippen molar-refractivity contribution in [2.24, 2.45) is 0 Å². The van der Waals surface area contributed by atoms with E-state index in [-0.39, 0.29) is 40.7 Å². The average Bonchev–Trinajstić information content (AvgIpc) is 2.90. The second-order valence-corrected chi connectivity index (χ2v) is 10.5. The summed E-state index contributed by atoms with van der Waals surface area (Å²) in [5.41, 5.74) is 0.276. The van der Waals surface area contributed by atoms with Gasteiger partial charge in [0.2, 0.25) is 5.75 Å². The van der Waals surface area contributed by atoms with Crippen molar-refractivity contribution < 1.29 is 45.7 Å². The quantitative estimate of drug-likeness (QED) is 0.285. The maximum Gasteiger partial charge on any atom is 0.310 e. The van der Waals surface area contributed by atoms with Crippen molar-refractivity contribution in [3.63, 3.8) is 0 Å². The summed E-state index contributed by atoms with van der Waals surface area (Å²) < 4.78 is 78.2. The van der Waals surface area contributed by atoms with Crippen molar-refractivity contribution in [1.82, 2.24) is 5.32 Å². The smallest absolute Gasteiger partial charge is 0.310 e. The first-order chi connectivity index (χ1) is 18.9. The summed E-state index contributed by atoms with van der Waals surface area (Å²) in [6.45, 7) is 2.01.